The van der Waals surface area contributed by atoms with Crippen LogP contribution in [-0.2, 0) is 17.9 Å². The van der Waals surface area contributed by atoms with E-state index < -0.39 is 0 Å². The van der Waals surface area contributed by atoms with Gasteiger partial charge in [0.25, 0.3) is 0 Å². The number of ether oxygens (including phenoxy) is 2. The molecule has 5 nitrogen and oxygen atoms in total. The fraction of sp³-hybridized carbons (Fsp3) is 0.269. The van der Waals surface area contributed by atoms with Gasteiger partial charge in [0.05, 0.1) is 12.1 Å². The van der Waals surface area contributed by atoms with Gasteiger partial charge in [-0.2, -0.15) is 0 Å². The number of hydrogen-bond donors (Lipinski definition) is 2. The van der Waals surface area contributed by atoms with Crippen molar-refractivity contribution >= 4 is 40.5 Å². The third-order valence-electron chi connectivity index (χ3n) is 4.80. The van der Waals surface area contributed by atoms with Crippen LogP contribution >= 0.6 is 23.2 Å². The number of halogens is 2. The molecule has 0 saturated heterocycles. The van der Waals surface area contributed by atoms with Crippen molar-refractivity contribution in [2.45, 2.75) is 33.4 Å². The first-order chi connectivity index (χ1) is 15.8. The number of nitrogens with one attached hydrogen (secondary N) is 2. The molecule has 0 aromatic heterocycles. The van der Waals surface area contributed by atoms with Crippen LogP contribution in [0.15, 0.2) is 60.7 Å². The molecule has 0 unspecified atom stereocenters. The van der Waals surface area contributed by atoms with Crippen molar-refractivity contribution in [2.24, 2.45) is 5.92 Å². The first kappa shape index (κ1) is 24.7. The molecule has 0 spiro atoms. The van der Waals surface area contributed by atoms with E-state index in [4.69, 9.17) is 32.7 Å². The van der Waals surface area contributed by atoms with Crippen LogP contribution in [0.2, 0.25) is 10.0 Å². The van der Waals surface area contributed by atoms with Crippen LogP contribution in [0, 0.1) is 5.92 Å². The largest absolute Gasteiger partial charge is 0.493 e. The number of rotatable bonds is 10. The predicted octanol–water partition coefficient (Wildman–Crippen LogP) is 7.18. The molecule has 0 aliphatic rings. The van der Waals surface area contributed by atoms with Gasteiger partial charge in [-0.1, -0.05) is 55.2 Å². The summed E-state index contributed by atoms with van der Waals surface area (Å²) in [7, 11) is 1.58. The van der Waals surface area contributed by atoms with E-state index in [1.807, 2.05) is 74.5 Å². The SMILES string of the molecule is COc1cc(CNc2cccc(NC(=O)CC(C)C)c2)cc(Cl)c1OCc1cccc(Cl)c1. The van der Waals surface area contributed by atoms with Gasteiger partial charge in [-0.05, 0) is 59.5 Å². The highest BCUT2D eigenvalue weighted by molar-refractivity contribution is 6.32. The molecule has 0 bridgehead atoms. The van der Waals surface area contributed by atoms with Gasteiger partial charge >= 0.3 is 0 Å². The lowest BCUT2D eigenvalue weighted by Crippen LogP contribution is -2.13. The quantitative estimate of drug-likeness (QED) is 0.318. The smallest absolute Gasteiger partial charge is 0.224 e. The van der Waals surface area contributed by atoms with Crippen molar-refractivity contribution < 1.29 is 14.3 Å². The van der Waals surface area contributed by atoms with Crippen molar-refractivity contribution in [2.75, 3.05) is 17.7 Å². The Kier molecular flexibility index (Phi) is 8.87. The number of amides is 1. The van der Waals surface area contributed by atoms with Gasteiger partial charge in [0.15, 0.2) is 11.5 Å². The fourth-order valence-electron chi connectivity index (χ4n) is 3.29. The molecule has 3 aromatic carbocycles. The zero-order valence-corrected chi connectivity index (χ0v) is 20.5. The van der Waals surface area contributed by atoms with Gasteiger partial charge in [-0.15, -0.1) is 0 Å². The zero-order valence-electron chi connectivity index (χ0n) is 19.0. The van der Waals surface area contributed by atoms with Crippen LogP contribution < -0.4 is 20.1 Å². The Morgan fingerprint density at radius 3 is 2.45 bits per heavy atom. The minimum atomic E-state index is 0.00651. The standard InChI is InChI=1S/C26H28Cl2N2O3/c1-17(2)10-25(31)30-22-9-5-8-21(14-22)29-15-19-12-23(28)26(24(13-19)32-3)33-16-18-6-4-7-20(27)11-18/h4-9,11-14,17,29H,10,15-16H2,1-3H3,(H,30,31). The Hall–Kier alpha value is -2.89. The second-order valence-electron chi connectivity index (χ2n) is 8.11. The topological polar surface area (TPSA) is 59.6 Å². The number of hydrogen-bond acceptors (Lipinski definition) is 4. The van der Waals surface area contributed by atoms with Gasteiger partial charge in [-0.3, -0.25) is 4.79 Å². The molecule has 33 heavy (non-hydrogen) atoms. The van der Waals surface area contributed by atoms with Crippen molar-refractivity contribution in [1.29, 1.82) is 0 Å². The van der Waals surface area contributed by atoms with Crippen LogP contribution in [-0.4, -0.2) is 13.0 Å². The highest BCUT2D eigenvalue weighted by Gasteiger charge is 2.13. The molecule has 1 amide bonds. The fourth-order valence-corrected chi connectivity index (χ4v) is 3.79. The summed E-state index contributed by atoms with van der Waals surface area (Å²) in [6, 6.07) is 18.8. The molecular formula is C26H28Cl2N2O3. The van der Waals surface area contributed by atoms with Crippen molar-refractivity contribution in [1.82, 2.24) is 0 Å². The first-order valence-electron chi connectivity index (χ1n) is 10.7. The number of benzene rings is 3. The van der Waals surface area contributed by atoms with Gasteiger partial charge in [0, 0.05) is 29.4 Å². The summed E-state index contributed by atoms with van der Waals surface area (Å²) in [6.45, 7) is 4.88. The van der Waals surface area contributed by atoms with Crippen LogP contribution in [0.4, 0.5) is 11.4 Å². The summed E-state index contributed by atoms with van der Waals surface area (Å²) in [5, 5.41) is 7.40. The molecule has 0 fully saturated rings. The molecule has 0 atom stereocenters. The van der Waals surface area contributed by atoms with E-state index in [9.17, 15) is 4.79 Å². The summed E-state index contributed by atoms with van der Waals surface area (Å²) < 4.78 is 11.4. The molecule has 0 aliphatic carbocycles. The van der Waals surface area contributed by atoms with E-state index in [0.29, 0.717) is 47.0 Å². The second-order valence-corrected chi connectivity index (χ2v) is 8.95. The number of anilines is 2. The maximum Gasteiger partial charge on any atom is 0.224 e. The summed E-state index contributed by atoms with van der Waals surface area (Å²) in [5.74, 6) is 1.35. The third-order valence-corrected chi connectivity index (χ3v) is 5.31. The van der Waals surface area contributed by atoms with Crippen molar-refractivity contribution in [3.05, 3.63) is 81.8 Å². The molecule has 0 aliphatic heterocycles. The lowest BCUT2D eigenvalue weighted by molar-refractivity contribution is -0.116. The Bertz CT molecular complexity index is 1100. The maximum atomic E-state index is 12.0. The summed E-state index contributed by atoms with van der Waals surface area (Å²) in [5.41, 5.74) is 3.51. The van der Waals surface area contributed by atoms with E-state index in [2.05, 4.69) is 10.6 Å². The summed E-state index contributed by atoms with van der Waals surface area (Å²) in [4.78, 5) is 12.0. The van der Waals surface area contributed by atoms with Gasteiger partial charge in [-0.25, -0.2) is 0 Å². The molecule has 0 radical (unpaired) electrons. The lowest BCUT2D eigenvalue weighted by Gasteiger charge is -2.15. The highest BCUT2D eigenvalue weighted by atomic mass is 35.5. The normalized spacial score (nSPS) is 10.7. The molecule has 0 saturated carbocycles. The van der Waals surface area contributed by atoms with E-state index in [0.717, 1.165) is 22.5 Å². The molecule has 3 aromatic rings. The Balaban J connectivity index is 1.65. The highest BCUT2D eigenvalue weighted by Crippen LogP contribution is 2.37. The number of carbonyl (C=O) groups is 1. The number of carbonyl (C=O) groups excluding carboxylic acids is 1. The van der Waals surface area contributed by atoms with Crippen LogP contribution in [0.1, 0.15) is 31.4 Å². The molecule has 3 rings (SSSR count). The van der Waals surface area contributed by atoms with E-state index >= 15 is 0 Å². The first-order valence-corrected chi connectivity index (χ1v) is 11.5. The van der Waals surface area contributed by atoms with Crippen LogP contribution in [0.3, 0.4) is 0 Å². The van der Waals surface area contributed by atoms with Gasteiger partial charge in [0.2, 0.25) is 5.91 Å². The average molecular weight is 487 g/mol. The molecule has 174 valence electrons. The van der Waals surface area contributed by atoms with Crippen molar-refractivity contribution in [3.63, 3.8) is 0 Å². The van der Waals surface area contributed by atoms with E-state index in [1.54, 1.807) is 7.11 Å². The Morgan fingerprint density at radius 1 is 0.970 bits per heavy atom. The zero-order chi connectivity index (χ0) is 23.8. The Morgan fingerprint density at radius 2 is 1.73 bits per heavy atom. The van der Waals surface area contributed by atoms with Crippen LogP contribution in [0.25, 0.3) is 0 Å². The van der Waals surface area contributed by atoms with Crippen molar-refractivity contribution in [3.8, 4) is 11.5 Å². The van der Waals surface area contributed by atoms with E-state index in [1.165, 1.54) is 0 Å². The molecule has 7 heteroatoms. The monoisotopic (exact) mass is 486 g/mol. The predicted molar refractivity (Wildman–Crippen MR) is 136 cm³/mol. The van der Waals surface area contributed by atoms with Gasteiger partial charge in [0.1, 0.15) is 6.61 Å². The maximum absolute atomic E-state index is 12.0. The third kappa shape index (κ3) is 7.58. The average Bonchev–Trinajstić information content (AvgIpc) is 2.76. The number of methoxy groups -OCH3 is 1. The summed E-state index contributed by atoms with van der Waals surface area (Å²) in [6.07, 6.45) is 0.488. The lowest BCUT2D eigenvalue weighted by atomic mass is 10.1. The second kappa shape index (κ2) is 11.8. The van der Waals surface area contributed by atoms with E-state index in [-0.39, 0.29) is 5.91 Å². The Labute approximate surface area is 205 Å². The van der Waals surface area contributed by atoms with Gasteiger partial charge < -0.3 is 20.1 Å². The minimum Gasteiger partial charge on any atom is -0.493 e. The summed E-state index contributed by atoms with van der Waals surface area (Å²) >= 11 is 12.6. The molecule has 0 heterocycles. The minimum absolute atomic E-state index is 0.00651. The molecule has 2 N–H and O–H groups in total. The molecular weight excluding hydrogens is 459 g/mol. The van der Waals surface area contributed by atoms with Crippen LogP contribution in [0.5, 0.6) is 11.5 Å².